The number of rotatable bonds is 10. The van der Waals surface area contributed by atoms with Gasteiger partial charge in [0.1, 0.15) is 24.7 Å². The van der Waals surface area contributed by atoms with Crippen LogP contribution in [0.15, 0.2) is 248 Å². The van der Waals surface area contributed by atoms with Gasteiger partial charge >= 0.3 is 0 Å². The lowest BCUT2D eigenvalue weighted by Crippen LogP contribution is -2.34. The maximum absolute atomic E-state index is 5.96. The highest BCUT2D eigenvalue weighted by molar-refractivity contribution is 8.00. The molecule has 0 atom stereocenters. The van der Waals surface area contributed by atoms with E-state index in [0.717, 1.165) is 22.3 Å². The van der Waals surface area contributed by atoms with Crippen LogP contribution < -0.4 is 9.47 Å². The molecule has 2 aliphatic heterocycles. The minimum absolute atomic E-state index is 0.374. The summed E-state index contributed by atoms with van der Waals surface area (Å²) in [5.74, 6) is 13.5. The largest absolute Gasteiger partial charge is 0.481 e. The van der Waals surface area contributed by atoms with E-state index >= 15 is 0 Å². The molecule has 0 fully saturated rings. The third kappa shape index (κ3) is 7.87. The average Bonchev–Trinajstić information content (AvgIpc) is 3.42. The summed E-state index contributed by atoms with van der Waals surface area (Å²) in [5.41, 5.74) is 8.98. The van der Waals surface area contributed by atoms with Gasteiger partial charge in [-0.25, -0.2) is 0 Å². The molecule has 0 N–H and O–H groups in total. The summed E-state index contributed by atoms with van der Waals surface area (Å²) in [4.78, 5) is 7.44. The second-order valence-corrected chi connectivity index (χ2v) is 21.0. The summed E-state index contributed by atoms with van der Waals surface area (Å²) in [7, 11) is 0. The fraction of sp³-hybridized carbons (Fsp3) is 0.0909. The van der Waals surface area contributed by atoms with E-state index in [2.05, 4.69) is 242 Å². The second kappa shape index (κ2) is 19.0. The first-order chi connectivity index (χ1) is 35.1. The first-order valence-corrected chi connectivity index (χ1v) is 26.3. The number of hydrogen-bond acceptors (Lipinski definition) is 5. The van der Waals surface area contributed by atoms with E-state index in [-0.39, 0.29) is 0 Å². The molecule has 0 radical (unpaired) electrons. The van der Waals surface area contributed by atoms with E-state index in [4.69, 9.17) is 9.47 Å². The summed E-state index contributed by atoms with van der Waals surface area (Å²) in [6.07, 6.45) is 0. The highest BCUT2D eigenvalue weighted by Crippen LogP contribution is 2.58. The predicted octanol–water partition coefficient (Wildman–Crippen LogP) is 16.6. The molecule has 0 spiro atoms. The van der Waals surface area contributed by atoms with Crippen LogP contribution in [0.2, 0.25) is 0 Å². The van der Waals surface area contributed by atoms with Crippen molar-refractivity contribution in [1.82, 2.24) is 0 Å². The quantitative estimate of drug-likeness (QED) is 0.127. The van der Waals surface area contributed by atoms with Gasteiger partial charge in [-0.3, -0.25) is 0 Å². The molecule has 2 aliphatic rings. The van der Waals surface area contributed by atoms with Crippen molar-refractivity contribution in [2.24, 2.45) is 0 Å². The number of benzene rings is 10. The Morgan fingerprint density at radius 3 is 1.06 bits per heavy atom. The van der Waals surface area contributed by atoms with Gasteiger partial charge < -0.3 is 9.47 Å². The Morgan fingerprint density at radius 2 is 0.690 bits per heavy atom. The minimum atomic E-state index is -0.550. The van der Waals surface area contributed by atoms with Crippen molar-refractivity contribution in [3.8, 4) is 35.2 Å². The van der Waals surface area contributed by atoms with Gasteiger partial charge in [0.15, 0.2) is 0 Å². The lowest BCUT2D eigenvalue weighted by Gasteiger charge is -2.42. The highest BCUT2D eigenvalue weighted by atomic mass is 32.2. The van der Waals surface area contributed by atoms with Crippen molar-refractivity contribution in [2.75, 3.05) is 13.2 Å². The normalized spacial score (nSPS) is 13.5. The van der Waals surface area contributed by atoms with E-state index in [1.54, 1.807) is 11.8 Å². The van der Waals surface area contributed by atoms with Gasteiger partial charge in [-0.2, -0.15) is 0 Å². The van der Waals surface area contributed by atoms with Crippen LogP contribution >= 0.6 is 35.3 Å². The Bertz CT molecular complexity index is 3450. The van der Waals surface area contributed by atoms with E-state index in [9.17, 15) is 0 Å². The van der Waals surface area contributed by atoms with E-state index in [0.29, 0.717) is 13.2 Å². The van der Waals surface area contributed by atoms with Gasteiger partial charge in [0, 0.05) is 29.4 Å². The SMILES string of the molecule is CC#CCOc1ccc2cc(C3(c4ccc(Sc5ccc(C6(c7ccc8cc(OCC#CC)ccc8c7)c7ccccc7Sc7ccccc76)cc5)cc4)c4ccccc4Sc4ccccc43)ccc2c1. The smallest absolute Gasteiger partial charge is 0.149 e. The van der Waals surface area contributed by atoms with E-state index < -0.39 is 10.8 Å². The molecule has 10 aromatic carbocycles. The average molecular weight is 967 g/mol. The molecule has 0 aromatic heterocycles. The summed E-state index contributed by atoms with van der Waals surface area (Å²) >= 11 is 5.52. The Kier molecular flexibility index (Phi) is 12.0. The number of fused-ring (bicyclic) bond motifs is 6. The van der Waals surface area contributed by atoms with Gasteiger partial charge in [-0.1, -0.05) is 181 Å². The van der Waals surface area contributed by atoms with Gasteiger partial charge in [-0.05, 0) is 165 Å². The summed E-state index contributed by atoms with van der Waals surface area (Å²) in [5, 5.41) is 4.60. The van der Waals surface area contributed by atoms with Crippen LogP contribution in [-0.4, -0.2) is 13.2 Å². The van der Waals surface area contributed by atoms with E-state index in [1.165, 1.54) is 84.7 Å². The molecular formula is C66H46O2S3. The summed E-state index contributed by atoms with van der Waals surface area (Å²) in [6, 6.07) is 80.9. The topological polar surface area (TPSA) is 18.5 Å². The monoisotopic (exact) mass is 966 g/mol. The van der Waals surface area contributed by atoms with Gasteiger partial charge in [0.2, 0.25) is 0 Å². The Labute approximate surface area is 428 Å². The first-order valence-electron chi connectivity index (χ1n) is 23.8. The zero-order valence-corrected chi connectivity index (χ0v) is 41.7. The fourth-order valence-electron chi connectivity index (χ4n) is 10.7. The molecule has 0 saturated carbocycles. The lowest BCUT2D eigenvalue weighted by molar-refractivity contribution is 0.370. The molecule has 2 nitrogen and oxygen atoms in total. The van der Waals surface area contributed by atoms with Crippen molar-refractivity contribution >= 4 is 56.8 Å². The van der Waals surface area contributed by atoms with Gasteiger partial charge in [-0.15, -0.1) is 11.8 Å². The van der Waals surface area contributed by atoms with Gasteiger partial charge in [0.05, 0.1) is 10.8 Å². The van der Waals surface area contributed by atoms with Crippen molar-refractivity contribution < 1.29 is 9.47 Å². The van der Waals surface area contributed by atoms with Crippen molar-refractivity contribution in [2.45, 2.75) is 54.1 Å². The minimum Gasteiger partial charge on any atom is -0.481 e. The molecule has 0 amide bonds. The first kappa shape index (κ1) is 44.7. The second-order valence-electron chi connectivity index (χ2n) is 17.7. The maximum Gasteiger partial charge on any atom is 0.149 e. The van der Waals surface area contributed by atoms with E-state index in [1.807, 2.05) is 37.4 Å². The highest BCUT2D eigenvalue weighted by Gasteiger charge is 2.46. The Balaban J connectivity index is 0.928. The number of ether oxygens (including phenoxy) is 2. The summed E-state index contributed by atoms with van der Waals surface area (Å²) < 4.78 is 11.9. The molecule has 71 heavy (non-hydrogen) atoms. The summed E-state index contributed by atoms with van der Waals surface area (Å²) in [6.45, 7) is 4.42. The van der Waals surface area contributed by atoms with Crippen molar-refractivity contribution in [3.05, 3.63) is 263 Å². The lowest BCUT2D eigenvalue weighted by atomic mass is 9.64. The predicted molar refractivity (Wildman–Crippen MR) is 295 cm³/mol. The molecule has 0 unspecified atom stereocenters. The van der Waals surface area contributed by atoms with Crippen molar-refractivity contribution in [1.29, 1.82) is 0 Å². The van der Waals surface area contributed by atoms with Crippen LogP contribution in [0.25, 0.3) is 21.5 Å². The third-order valence-electron chi connectivity index (χ3n) is 13.9. The zero-order chi connectivity index (χ0) is 47.8. The van der Waals surface area contributed by atoms with Crippen LogP contribution in [0.1, 0.15) is 58.4 Å². The fourth-order valence-corrected chi connectivity index (χ4v) is 13.9. The van der Waals surface area contributed by atoms with Crippen LogP contribution in [-0.2, 0) is 10.8 Å². The molecule has 12 rings (SSSR count). The van der Waals surface area contributed by atoms with Crippen LogP contribution in [0.5, 0.6) is 11.5 Å². The molecule has 0 bridgehead atoms. The Morgan fingerprint density at radius 1 is 0.366 bits per heavy atom. The van der Waals surface area contributed by atoms with Crippen LogP contribution in [0, 0.1) is 23.7 Å². The third-order valence-corrected chi connectivity index (χ3v) is 17.2. The van der Waals surface area contributed by atoms with Crippen LogP contribution in [0.4, 0.5) is 0 Å². The molecule has 0 saturated heterocycles. The molecule has 2 heterocycles. The molecule has 5 heteroatoms. The van der Waals surface area contributed by atoms with Crippen molar-refractivity contribution in [3.63, 3.8) is 0 Å². The molecule has 0 aliphatic carbocycles. The Hall–Kier alpha value is -7.51. The maximum atomic E-state index is 5.96. The molecule has 10 aromatic rings. The molecular weight excluding hydrogens is 921 g/mol. The van der Waals surface area contributed by atoms with Crippen LogP contribution in [0.3, 0.4) is 0 Å². The van der Waals surface area contributed by atoms with Gasteiger partial charge in [0.25, 0.3) is 0 Å². The zero-order valence-electron chi connectivity index (χ0n) is 39.2. The standard InChI is InChI=1S/C66H46O2S3/c1-3-5-39-67-53-33-25-45-41-51(27-23-47(45)43-53)65(57-15-7-11-19-61(57)70-62-20-12-8-16-58(62)65)49-29-35-55(36-30-49)69-56-37-31-50(32-38-56)66(59-17-9-13-21-63(59)71-64-22-14-10-18-60(64)66)52-28-24-48-44-54(68-40-6-4-2)34-26-46(48)42-52/h7-38,41-44H,39-40H2,1-2H3. The molecule has 340 valence electrons. The number of hydrogen-bond donors (Lipinski definition) is 0.